The van der Waals surface area contributed by atoms with Crippen molar-refractivity contribution in [1.29, 1.82) is 0 Å². The van der Waals surface area contributed by atoms with Crippen molar-refractivity contribution in [3.8, 4) is 22.8 Å². The molecule has 1 aliphatic heterocycles. The van der Waals surface area contributed by atoms with E-state index in [0.717, 1.165) is 59.9 Å². The maximum atomic E-state index is 5.73. The molecular weight excluding hydrogens is 440 g/mol. The number of hydrogen-bond donors (Lipinski definition) is 1. The predicted octanol–water partition coefficient (Wildman–Crippen LogP) is 4.69. The number of fused-ring (bicyclic) bond motifs is 1. The van der Waals surface area contributed by atoms with E-state index in [1.807, 2.05) is 53.2 Å². The van der Waals surface area contributed by atoms with Gasteiger partial charge in [-0.25, -0.2) is 9.50 Å². The molecule has 1 aliphatic rings. The number of methoxy groups -OCH3 is 2. The van der Waals surface area contributed by atoms with Crippen LogP contribution in [0.15, 0.2) is 60.8 Å². The number of nitrogens with one attached hydrogen (secondary N) is 1. The van der Waals surface area contributed by atoms with Gasteiger partial charge < -0.3 is 24.6 Å². The van der Waals surface area contributed by atoms with Crippen molar-refractivity contribution in [1.82, 2.24) is 19.5 Å². The lowest BCUT2D eigenvalue weighted by Crippen LogP contribution is -2.41. The molecule has 5 rings (SSSR count). The van der Waals surface area contributed by atoms with Gasteiger partial charge in [-0.2, -0.15) is 0 Å². The summed E-state index contributed by atoms with van der Waals surface area (Å²) in [7, 11) is 7.70. The Bertz CT molecular complexity index is 1310. The van der Waals surface area contributed by atoms with E-state index >= 15 is 0 Å². The molecule has 8 nitrogen and oxygen atoms in total. The van der Waals surface area contributed by atoms with Gasteiger partial charge in [-0.05, 0) is 63.3 Å². The normalized spacial score (nSPS) is 14.5. The third kappa shape index (κ3) is 4.61. The molecule has 8 heteroatoms. The van der Waals surface area contributed by atoms with Crippen LogP contribution in [0.4, 0.5) is 17.3 Å². The highest BCUT2D eigenvalue weighted by molar-refractivity contribution is 5.72. The number of piperidine rings is 1. The highest BCUT2D eigenvalue weighted by Gasteiger charge is 2.21. The number of nitrogens with zero attached hydrogens (tertiary/aromatic N) is 5. The summed E-state index contributed by atoms with van der Waals surface area (Å²) in [6.45, 7) is 2.08. The summed E-state index contributed by atoms with van der Waals surface area (Å²) in [5.41, 5.74) is 4.81. The molecule has 0 aliphatic carbocycles. The summed E-state index contributed by atoms with van der Waals surface area (Å²) in [6, 6.07) is 18.9. The molecule has 0 radical (unpaired) electrons. The van der Waals surface area contributed by atoms with Crippen LogP contribution >= 0.6 is 0 Å². The first kappa shape index (κ1) is 23.0. The molecule has 0 atom stereocenters. The topological polar surface area (TPSA) is 67.2 Å². The predicted molar refractivity (Wildman–Crippen MR) is 140 cm³/mol. The maximum absolute atomic E-state index is 5.73. The van der Waals surface area contributed by atoms with Crippen molar-refractivity contribution >= 4 is 22.8 Å². The second-order valence-electron chi connectivity index (χ2n) is 9.03. The van der Waals surface area contributed by atoms with Gasteiger partial charge in [0.1, 0.15) is 11.5 Å². The zero-order valence-electron chi connectivity index (χ0n) is 20.7. The fourth-order valence-electron chi connectivity index (χ4n) is 4.76. The van der Waals surface area contributed by atoms with Crippen LogP contribution in [0.5, 0.6) is 11.5 Å². The Morgan fingerprint density at radius 1 is 0.943 bits per heavy atom. The first-order chi connectivity index (χ1) is 17.1. The largest absolute Gasteiger partial charge is 0.496 e. The molecule has 0 spiro atoms. The molecular formula is C27H32N6O2. The monoisotopic (exact) mass is 472 g/mol. The van der Waals surface area contributed by atoms with Gasteiger partial charge in [-0.15, -0.1) is 5.10 Å². The molecule has 2 aromatic heterocycles. The number of ether oxygens (including phenoxy) is 2. The first-order valence-corrected chi connectivity index (χ1v) is 11.9. The Kier molecular flexibility index (Phi) is 6.46. The highest BCUT2D eigenvalue weighted by atomic mass is 16.5. The Balaban J connectivity index is 1.40. The van der Waals surface area contributed by atoms with Gasteiger partial charge in [0.2, 0.25) is 5.95 Å². The first-order valence-electron chi connectivity index (χ1n) is 11.9. The van der Waals surface area contributed by atoms with Crippen LogP contribution in [0.25, 0.3) is 16.8 Å². The van der Waals surface area contributed by atoms with Crippen LogP contribution in [-0.4, -0.2) is 66.9 Å². The lowest BCUT2D eigenvalue weighted by molar-refractivity contribution is 0.249. The smallest absolute Gasteiger partial charge is 0.245 e. The van der Waals surface area contributed by atoms with Crippen molar-refractivity contribution in [2.45, 2.75) is 18.9 Å². The number of hydrogen-bond acceptors (Lipinski definition) is 7. The van der Waals surface area contributed by atoms with Crippen molar-refractivity contribution in [2.75, 3.05) is 51.6 Å². The fourth-order valence-corrected chi connectivity index (χ4v) is 4.76. The van der Waals surface area contributed by atoms with E-state index in [4.69, 9.17) is 14.6 Å². The van der Waals surface area contributed by atoms with Gasteiger partial charge in [-0.3, -0.25) is 0 Å². The zero-order valence-corrected chi connectivity index (χ0v) is 20.7. The van der Waals surface area contributed by atoms with E-state index in [1.54, 1.807) is 14.2 Å². The third-order valence-corrected chi connectivity index (χ3v) is 6.77. The summed E-state index contributed by atoms with van der Waals surface area (Å²) in [4.78, 5) is 9.27. The molecule has 0 bridgehead atoms. The number of benzene rings is 2. The Morgan fingerprint density at radius 3 is 2.46 bits per heavy atom. The van der Waals surface area contributed by atoms with Crippen LogP contribution in [0.1, 0.15) is 12.8 Å². The molecule has 0 unspecified atom stereocenters. The molecule has 1 fully saturated rings. The lowest BCUT2D eigenvalue weighted by atomic mass is 10.0. The van der Waals surface area contributed by atoms with Crippen LogP contribution in [0.3, 0.4) is 0 Å². The molecule has 35 heavy (non-hydrogen) atoms. The number of para-hydroxylation sites is 1. The summed E-state index contributed by atoms with van der Waals surface area (Å²) in [5.74, 6) is 2.05. The van der Waals surface area contributed by atoms with E-state index in [-0.39, 0.29) is 0 Å². The van der Waals surface area contributed by atoms with Crippen molar-refractivity contribution in [3.05, 3.63) is 60.8 Å². The fraction of sp³-hybridized carbons (Fsp3) is 0.333. The Labute approximate surface area is 206 Å². The van der Waals surface area contributed by atoms with E-state index < -0.39 is 0 Å². The quantitative estimate of drug-likeness (QED) is 0.419. The third-order valence-electron chi connectivity index (χ3n) is 6.77. The second kappa shape index (κ2) is 9.84. The van der Waals surface area contributed by atoms with Crippen molar-refractivity contribution in [3.63, 3.8) is 0 Å². The summed E-state index contributed by atoms with van der Waals surface area (Å²) >= 11 is 0. The second-order valence-corrected chi connectivity index (χ2v) is 9.03. The minimum absolute atomic E-state index is 0.489. The van der Waals surface area contributed by atoms with E-state index in [2.05, 4.69) is 46.3 Å². The number of anilines is 3. The molecule has 4 aromatic rings. The standard InChI is InChI=1S/C27H32N6O2/c1-31(2)19-13-15-32(16-14-19)20-9-11-23(26(17-20)35-4)29-27-28-18-21-10-12-24(33(21)30-27)22-7-5-6-8-25(22)34-3/h5-12,17-19H,13-16H2,1-4H3,(H,29,30). The van der Waals surface area contributed by atoms with E-state index in [0.29, 0.717) is 12.0 Å². The van der Waals surface area contributed by atoms with Gasteiger partial charge in [0, 0.05) is 36.4 Å². The molecule has 3 heterocycles. The van der Waals surface area contributed by atoms with Gasteiger partial charge >= 0.3 is 0 Å². The zero-order chi connectivity index (χ0) is 24.4. The average molecular weight is 473 g/mol. The molecule has 182 valence electrons. The van der Waals surface area contributed by atoms with Gasteiger partial charge in [-0.1, -0.05) is 12.1 Å². The molecule has 1 N–H and O–H groups in total. The highest BCUT2D eigenvalue weighted by Crippen LogP contribution is 2.34. The maximum Gasteiger partial charge on any atom is 0.245 e. The summed E-state index contributed by atoms with van der Waals surface area (Å²) in [5, 5.41) is 8.10. The summed E-state index contributed by atoms with van der Waals surface area (Å²) < 4.78 is 13.2. The minimum Gasteiger partial charge on any atom is -0.496 e. The Hall–Kier alpha value is -3.78. The molecule has 2 aromatic carbocycles. The minimum atomic E-state index is 0.489. The molecule has 1 saturated heterocycles. The van der Waals surface area contributed by atoms with Gasteiger partial charge in [0.15, 0.2) is 0 Å². The van der Waals surface area contributed by atoms with Crippen LogP contribution in [0.2, 0.25) is 0 Å². The number of aromatic nitrogens is 3. The summed E-state index contributed by atoms with van der Waals surface area (Å²) in [6.07, 6.45) is 4.13. The van der Waals surface area contributed by atoms with Gasteiger partial charge in [0.05, 0.1) is 37.3 Å². The van der Waals surface area contributed by atoms with E-state index in [1.165, 1.54) is 5.69 Å². The molecule has 0 amide bonds. The average Bonchev–Trinajstić information content (AvgIpc) is 3.32. The van der Waals surface area contributed by atoms with Crippen LogP contribution < -0.4 is 19.7 Å². The number of rotatable bonds is 7. The molecule has 0 saturated carbocycles. The van der Waals surface area contributed by atoms with Crippen molar-refractivity contribution < 1.29 is 9.47 Å². The SMILES string of the molecule is COc1cc(N2CCC(N(C)C)CC2)ccc1Nc1ncc2ccc(-c3ccccc3OC)n2n1. The van der Waals surface area contributed by atoms with E-state index in [9.17, 15) is 0 Å². The Morgan fingerprint density at radius 2 is 1.71 bits per heavy atom. The van der Waals surface area contributed by atoms with Crippen molar-refractivity contribution in [2.24, 2.45) is 0 Å². The van der Waals surface area contributed by atoms with Crippen LogP contribution in [-0.2, 0) is 0 Å². The van der Waals surface area contributed by atoms with Crippen LogP contribution in [0, 0.1) is 0 Å². The van der Waals surface area contributed by atoms with Gasteiger partial charge in [0.25, 0.3) is 0 Å². The lowest BCUT2D eigenvalue weighted by Gasteiger charge is -2.36.